The van der Waals surface area contributed by atoms with Crippen LogP contribution in [-0.2, 0) is 0 Å². The van der Waals surface area contributed by atoms with Crippen LogP contribution in [-0.4, -0.2) is 11.0 Å². The fraction of sp³-hybridized carbons (Fsp3) is 0. The fourth-order valence-corrected chi connectivity index (χ4v) is 1.21. The maximum absolute atomic E-state index is 10.8. The lowest BCUT2D eigenvalue weighted by atomic mass is 10.4. The number of carbonyl (C=O) groups excluding carboxylic acids is 1. The predicted octanol–water partition coefficient (Wildman–Crippen LogP) is 1.90. The molecule has 0 aromatic carbocycles. The van der Waals surface area contributed by atoms with Crippen LogP contribution in [0, 0.1) is 0 Å². The molecule has 0 bridgehead atoms. The van der Waals surface area contributed by atoms with Gasteiger partial charge in [0.15, 0.2) is 0 Å². The zero-order valence-electron chi connectivity index (χ0n) is 5.26. The van der Waals surface area contributed by atoms with Gasteiger partial charge in [-0.2, -0.15) is 0 Å². The molecule has 1 aromatic heterocycles. The lowest BCUT2D eigenvalue weighted by molar-refractivity contribution is 0.100. The number of amides is 1. The average Bonchev–Trinajstić information content (AvgIpc) is 2.36. The fourth-order valence-electron chi connectivity index (χ4n) is 0.549. The van der Waals surface area contributed by atoms with E-state index in [2.05, 4.69) is 10.0 Å². The topological polar surface area (TPSA) is 86.1 Å². The summed E-state index contributed by atoms with van der Waals surface area (Å²) < 4.78 is 0. The van der Waals surface area contributed by atoms with Crippen molar-refractivity contribution in [2.75, 3.05) is 0 Å². The molecule has 1 rings (SSSR count). The number of rotatable bonds is 1. The molecule has 0 unspecified atom stereocenters. The smallest absolute Gasteiger partial charge is 0.262 e. The van der Waals surface area contributed by atoms with E-state index in [-0.39, 0.29) is 10.6 Å². The minimum atomic E-state index is -0.750. The molecule has 6 heteroatoms. The Balaban J connectivity index is 3.02. The molecule has 0 aliphatic heterocycles. The second-order valence-corrected chi connectivity index (χ2v) is 2.55. The molecule has 11 heavy (non-hydrogen) atoms. The predicted molar refractivity (Wildman–Crippen MR) is 39.5 cm³/mol. The van der Waals surface area contributed by atoms with Crippen LogP contribution < -0.4 is 0 Å². The van der Waals surface area contributed by atoms with Crippen molar-refractivity contribution in [1.29, 1.82) is 0 Å². The molecule has 0 saturated heterocycles. The summed E-state index contributed by atoms with van der Waals surface area (Å²) in [5.41, 5.74) is 7.89. The Kier molecular flexibility index (Phi) is 2.10. The summed E-state index contributed by atoms with van der Waals surface area (Å²) in [5, 5.41) is 13.3. The first kappa shape index (κ1) is 7.59. The highest BCUT2D eigenvalue weighted by Crippen LogP contribution is 2.23. The van der Waals surface area contributed by atoms with Crippen molar-refractivity contribution in [2.45, 2.75) is 0 Å². The Morgan fingerprint density at radius 2 is 2.55 bits per heavy atom. The average molecular weight is 169 g/mol. The molecule has 0 saturated carbocycles. The number of hydrogen-bond acceptors (Lipinski definition) is 3. The third kappa shape index (κ3) is 1.49. The van der Waals surface area contributed by atoms with E-state index in [1.54, 1.807) is 0 Å². The van der Waals surface area contributed by atoms with Crippen LogP contribution in [0.5, 0.6) is 5.75 Å². The summed E-state index contributed by atoms with van der Waals surface area (Å²) in [5.74, 6) is -0.896. The van der Waals surface area contributed by atoms with Crippen LogP contribution in [0.25, 0.3) is 10.4 Å². The van der Waals surface area contributed by atoms with Gasteiger partial charge in [-0.25, -0.2) is 0 Å². The summed E-state index contributed by atoms with van der Waals surface area (Å²) in [6.07, 6.45) is 0. The first-order chi connectivity index (χ1) is 5.25. The summed E-state index contributed by atoms with van der Waals surface area (Å²) in [6.45, 7) is 0. The Morgan fingerprint density at radius 3 is 3.00 bits per heavy atom. The number of thiophene rings is 1. The molecule has 0 fully saturated rings. The molecule has 0 spiro atoms. The van der Waals surface area contributed by atoms with Crippen molar-refractivity contribution in [3.8, 4) is 5.75 Å². The van der Waals surface area contributed by atoms with Crippen LogP contribution in [0.2, 0.25) is 0 Å². The molecule has 0 atom stereocenters. The van der Waals surface area contributed by atoms with Crippen LogP contribution in [0.15, 0.2) is 16.6 Å². The third-order valence-corrected chi connectivity index (χ3v) is 1.87. The molecule has 0 aliphatic rings. The van der Waals surface area contributed by atoms with Gasteiger partial charge in [-0.3, -0.25) is 4.79 Å². The highest BCUT2D eigenvalue weighted by atomic mass is 32.1. The van der Waals surface area contributed by atoms with Gasteiger partial charge in [0.05, 0.1) is 0 Å². The van der Waals surface area contributed by atoms with E-state index >= 15 is 0 Å². The lowest BCUT2D eigenvalue weighted by Gasteiger charge is -1.86. The number of aromatic hydroxyl groups is 1. The van der Waals surface area contributed by atoms with E-state index in [9.17, 15) is 4.79 Å². The molecule has 5 nitrogen and oxygen atoms in total. The van der Waals surface area contributed by atoms with E-state index in [4.69, 9.17) is 10.6 Å². The number of nitrogens with zero attached hydrogens (tertiary/aromatic N) is 3. The molecule has 0 radical (unpaired) electrons. The highest BCUT2D eigenvalue weighted by Gasteiger charge is 2.09. The lowest BCUT2D eigenvalue weighted by Crippen LogP contribution is -1.87. The summed E-state index contributed by atoms with van der Waals surface area (Å²) in [6, 6.07) is 1.37. The third-order valence-electron chi connectivity index (χ3n) is 0.974. The van der Waals surface area contributed by atoms with Gasteiger partial charge in [0.2, 0.25) is 0 Å². The van der Waals surface area contributed by atoms with Crippen LogP contribution >= 0.6 is 11.3 Å². The molecular formula is C5H3N3O2S. The van der Waals surface area contributed by atoms with Crippen molar-refractivity contribution in [3.05, 3.63) is 26.8 Å². The minimum absolute atomic E-state index is 0.0720. The van der Waals surface area contributed by atoms with E-state index in [1.807, 2.05) is 0 Å². The normalized spacial score (nSPS) is 8.73. The molecule has 56 valence electrons. The maximum atomic E-state index is 10.8. The van der Waals surface area contributed by atoms with Gasteiger partial charge in [0.25, 0.3) is 5.91 Å². The van der Waals surface area contributed by atoms with Gasteiger partial charge in [-0.1, -0.05) is 0 Å². The first-order valence-corrected chi connectivity index (χ1v) is 3.49. The zero-order chi connectivity index (χ0) is 8.27. The SMILES string of the molecule is [N-]=[N+]=NC(=O)c1sccc1O. The van der Waals surface area contributed by atoms with Crippen LogP contribution in [0.1, 0.15) is 9.67 Å². The Morgan fingerprint density at radius 1 is 1.82 bits per heavy atom. The van der Waals surface area contributed by atoms with E-state index in [0.717, 1.165) is 11.3 Å². The molecule has 1 N–H and O–H groups in total. The monoisotopic (exact) mass is 169 g/mol. The molecule has 1 heterocycles. The quantitative estimate of drug-likeness (QED) is 0.395. The summed E-state index contributed by atoms with van der Waals surface area (Å²) in [7, 11) is 0. The van der Waals surface area contributed by atoms with Crippen molar-refractivity contribution in [3.63, 3.8) is 0 Å². The van der Waals surface area contributed by atoms with E-state index in [1.165, 1.54) is 11.4 Å². The number of hydrogen-bond donors (Lipinski definition) is 1. The van der Waals surface area contributed by atoms with Gasteiger partial charge in [-0.15, -0.1) is 11.3 Å². The minimum Gasteiger partial charge on any atom is -0.506 e. The van der Waals surface area contributed by atoms with Crippen molar-refractivity contribution in [1.82, 2.24) is 0 Å². The Hall–Kier alpha value is -1.52. The first-order valence-electron chi connectivity index (χ1n) is 2.61. The van der Waals surface area contributed by atoms with Gasteiger partial charge in [-0.05, 0) is 22.1 Å². The zero-order valence-corrected chi connectivity index (χ0v) is 6.08. The van der Waals surface area contributed by atoms with Crippen molar-refractivity contribution >= 4 is 17.2 Å². The second kappa shape index (κ2) is 3.05. The summed E-state index contributed by atoms with van der Waals surface area (Å²) in [4.78, 5) is 13.1. The summed E-state index contributed by atoms with van der Waals surface area (Å²) >= 11 is 1.03. The maximum Gasteiger partial charge on any atom is 0.262 e. The van der Waals surface area contributed by atoms with Gasteiger partial charge < -0.3 is 5.11 Å². The van der Waals surface area contributed by atoms with Gasteiger partial charge in [0, 0.05) is 4.91 Å². The number of carbonyl (C=O) groups is 1. The molecule has 1 amide bonds. The Labute approximate surface area is 65.5 Å². The van der Waals surface area contributed by atoms with Crippen molar-refractivity contribution < 1.29 is 9.90 Å². The second-order valence-electron chi connectivity index (χ2n) is 1.63. The van der Waals surface area contributed by atoms with Gasteiger partial charge >= 0.3 is 0 Å². The standard InChI is InChI=1S/C5H3N3O2S/c6-8-7-5(10)4-3(9)1-2-11-4/h1-2,9H. The van der Waals surface area contributed by atoms with Crippen LogP contribution in [0.3, 0.4) is 0 Å². The van der Waals surface area contributed by atoms with Crippen molar-refractivity contribution in [2.24, 2.45) is 5.11 Å². The molecular weight excluding hydrogens is 166 g/mol. The van der Waals surface area contributed by atoms with Gasteiger partial charge in [0.1, 0.15) is 10.6 Å². The van der Waals surface area contributed by atoms with E-state index < -0.39 is 5.91 Å². The number of azide groups is 1. The highest BCUT2D eigenvalue weighted by molar-refractivity contribution is 7.12. The van der Waals surface area contributed by atoms with E-state index in [0.29, 0.717) is 0 Å². The largest absolute Gasteiger partial charge is 0.506 e. The molecule has 1 aromatic rings. The molecule has 0 aliphatic carbocycles. The van der Waals surface area contributed by atoms with Crippen LogP contribution in [0.4, 0.5) is 0 Å². The Bertz CT molecular complexity index is 326.